The van der Waals surface area contributed by atoms with Crippen molar-refractivity contribution in [3.05, 3.63) is 211 Å². The summed E-state index contributed by atoms with van der Waals surface area (Å²) in [4.78, 5) is 45.2. The highest BCUT2D eigenvalue weighted by Crippen LogP contribution is 2.39. The van der Waals surface area contributed by atoms with Crippen molar-refractivity contribution in [1.29, 1.82) is 0 Å². The van der Waals surface area contributed by atoms with Crippen LogP contribution in [0.4, 0.5) is 50.9 Å². The van der Waals surface area contributed by atoms with E-state index in [4.69, 9.17) is 77.0 Å². The van der Waals surface area contributed by atoms with Gasteiger partial charge in [-0.15, -0.1) is 22.7 Å². The second-order valence-electron chi connectivity index (χ2n) is 33.1. The van der Waals surface area contributed by atoms with Crippen LogP contribution < -0.4 is 40.2 Å². The molecule has 16 aromatic rings. The van der Waals surface area contributed by atoms with E-state index in [9.17, 15) is 38.1 Å². The first kappa shape index (κ1) is 104. The Morgan fingerprint density at radius 2 is 0.639 bits per heavy atom. The number of ether oxygens (including phenoxy) is 4. The van der Waals surface area contributed by atoms with Crippen LogP contribution in [0.5, 0.6) is 0 Å². The lowest BCUT2D eigenvalue weighted by molar-refractivity contribution is 0.0398. The number of fused-ring (bicyclic) bond motifs is 4. The van der Waals surface area contributed by atoms with Gasteiger partial charge in [0, 0.05) is 203 Å². The lowest BCUT2D eigenvalue weighted by Gasteiger charge is -2.26. The molecule has 0 bridgehead atoms. The lowest BCUT2D eigenvalue weighted by Crippen LogP contribution is -2.39. The number of hydrogen-bond acceptors (Lipinski definition) is 34. The molecule has 4 aliphatic rings. The molecule has 0 saturated carbocycles. The van der Waals surface area contributed by atoms with Crippen LogP contribution in [0, 0.1) is 5.82 Å². The lowest BCUT2D eigenvalue weighted by atomic mass is 10.1. The van der Waals surface area contributed by atoms with E-state index in [1.165, 1.54) is 48.5 Å². The van der Waals surface area contributed by atoms with E-state index in [1.54, 1.807) is 135 Å². The van der Waals surface area contributed by atoms with Gasteiger partial charge in [-0.05, 0) is 91.0 Å². The van der Waals surface area contributed by atoms with Crippen molar-refractivity contribution in [3.63, 3.8) is 0 Å². The van der Waals surface area contributed by atoms with Crippen molar-refractivity contribution < 1.29 is 57.0 Å². The van der Waals surface area contributed by atoms with Gasteiger partial charge in [-0.25, -0.2) is 76.7 Å². The predicted octanol–water partition coefficient (Wildman–Crippen LogP) is 13.8. The molecule has 40 nitrogen and oxygen atoms in total. The molecule has 0 aliphatic carbocycles. The molecule has 14 heterocycles. The normalized spacial score (nSPS) is 14.8. The van der Waals surface area contributed by atoms with Gasteiger partial charge < -0.3 is 40.2 Å². The maximum atomic E-state index is 14.0. The molecule has 6 aromatic carbocycles. The van der Waals surface area contributed by atoms with Crippen molar-refractivity contribution in [2.24, 2.45) is 28.2 Å². The highest BCUT2D eigenvalue weighted by molar-refractivity contribution is 7.95. The first-order valence-electron chi connectivity index (χ1n) is 45.3. The zero-order valence-electron chi connectivity index (χ0n) is 77.9. The van der Waals surface area contributed by atoms with Crippen molar-refractivity contribution in [1.82, 2.24) is 98.6 Å². The molecule has 0 atom stereocenters. The molecular formula is C92H98Cl5FN28O12S6. The van der Waals surface area contributed by atoms with Crippen LogP contribution in [0.3, 0.4) is 0 Å². The minimum atomic E-state index is -4.05. The van der Waals surface area contributed by atoms with Gasteiger partial charge in [0.05, 0.1) is 93.1 Å². The van der Waals surface area contributed by atoms with E-state index in [0.717, 1.165) is 236 Å². The third kappa shape index (κ3) is 25.8. The Morgan fingerprint density at radius 1 is 0.340 bits per heavy atom. The Labute approximate surface area is 861 Å². The molecule has 0 spiro atoms. The van der Waals surface area contributed by atoms with Crippen molar-refractivity contribution >= 4 is 211 Å². The number of morpholine rings is 4. The van der Waals surface area contributed by atoms with Crippen molar-refractivity contribution in [2.45, 2.75) is 18.9 Å². The monoisotopic (exact) mass is 2170 g/mol. The summed E-state index contributed by atoms with van der Waals surface area (Å²) in [5.41, 5.74) is 10.3. The van der Waals surface area contributed by atoms with Crippen LogP contribution in [-0.2, 0) is 87.2 Å². The largest absolute Gasteiger partial charge is 0.379 e. The molecule has 144 heavy (non-hydrogen) atoms. The molecule has 10 aromatic heterocycles. The van der Waals surface area contributed by atoms with Gasteiger partial charge >= 0.3 is 0 Å². The van der Waals surface area contributed by atoms with Crippen LogP contribution in [0.15, 0.2) is 201 Å². The van der Waals surface area contributed by atoms with E-state index in [0.29, 0.717) is 94.9 Å². The van der Waals surface area contributed by atoms with Crippen molar-refractivity contribution in [3.8, 4) is 45.0 Å². The molecule has 0 amide bonds. The molecule has 4 fully saturated rings. The summed E-state index contributed by atoms with van der Waals surface area (Å²) in [6, 6.07) is 41.6. The third-order valence-electron chi connectivity index (χ3n) is 23.3. The first-order chi connectivity index (χ1) is 69.4. The standard InChI is InChI=1S/C24H25Cl2N7O3S.C24H26FN7O3S.C22H23Cl2N7O3S2.C22H24ClN7O3S2/c1-32-23-18(15-28-24(29-23)27-9-10-33-11-13-36-14-12-33)22(30-32)16-5-7-17(8-6-16)31-37(34,35)20-4-2-3-19(25)21(20)26;1-31-23-19(16-27-24(28-23)26-10-11-32-12-14-35-15-13-32)22(29-31)17-6-8-18(9-7-17)30-36(33,34)21-5-3-2-4-20(21)25;1-30-21-16(13-26-22(27-21)25-6-7-31-8-10-34-11-9-31)19(28-30)14-2-4-15(5-3-14)29-36(32,33)17-12-18(23)35-20(17)24;1-29-21-17(14-25-22(26-21)24-8-9-30-10-12-33-13-11-30)20(27-29)15-2-4-16(5-3-15)28-35(31,32)19-7-6-18(23)34-19/h2-8,15,31H,9-14H2,1H3,(H,27,28,29);2-9,16,30H,10-15H2,1H3,(H,26,27,28);2-5,12-13,29H,6-11H2,1H3,(H,25,26,27);2-7,14,28H,8-13H2,1H3,(H,24,25,26). The maximum Gasteiger partial charge on any atom is 0.271 e. The summed E-state index contributed by atoms with van der Waals surface area (Å²) in [5.74, 6) is 1.36. The fraction of sp³-hybridized carbons (Fsp3) is 0.304. The summed E-state index contributed by atoms with van der Waals surface area (Å²) < 4.78 is 154. The predicted molar refractivity (Wildman–Crippen MR) is 560 cm³/mol. The number of aryl methyl sites for hydroxylation is 4. The van der Waals surface area contributed by atoms with Gasteiger partial charge in [0.1, 0.15) is 51.8 Å². The van der Waals surface area contributed by atoms with Gasteiger partial charge in [-0.2, -0.15) is 40.3 Å². The average molecular weight is 2180 g/mol. The van der Waals surface area contributed by atoms with Gasteiger partial charge in [-0.3, -0.25) is 38.5 Å². The SMILES string of the molecule is Cn1nc(-c2ccc(NS(=O)(=O)c3cc(Cl)sc3Cl)cc2)c2cnc(NCCN3CCOCC3)nc21.Cn1nc(-c2ccc(NS(=O)(=O)c3ccc(Cl)s3)cc2)c2cnc(NCCN3CCOCC3)nc21.Cn1nc(-c2ccc(NS(=O)(=O)c3cccc(Cl)c3Cl)cc2)c2cnc(NCCN3CCOCC3)nc21.Cn1nc(-c2ccc(NS(=O)(=O)c3ccccc3F)cc2)c2cnc(NCCN3CCOCC3)nc21. The Hall–Kier alpha value is -11.8. The molecule has 20 rings (SSSR count). The smallest absolute Gasteiger partial charge is 0.271 e. The maximum absolute atomic E-state index is 14.0. The van der Waals surface area contributed by atoms with Gasteiger partial charge in [0.15, 0.2) is 22.6 Å². The number of rotatable bonds is 32. The number of thiophene rings is 2. The minimum Gasteiger partial charge on any atom is -0.379 e. The van der Waals surface area contributed by atoms with Crippen LogP contribution in [0.2, 0.25) is 23.1 Å². The van der Waals surface area contributed by atoms with Gasteiger partial charge in [-0.1, -0.05) is 125 Å². The number of benzene rings is 6. The van der Waals surface area contributed by atoms with Crippen LogP contribution >= 0.6 is 80.7 Å². The van der Waals surface area contributed by atoms with Gasteiger partial charge in [0.25, 0.3) is 40.1 Å². The molecule has 4 saturated heterocycles. The summed E-state index contributed by atoms with van der Waals surface area (Å²) in [5, 5.41) is 34.9. The molecule has 52 heteroatoms. The molecule has 756 valence electrons. The highest BCUT2D eigenvalue weighted by Gasteiger charge is 2.28. The average Bonchev–Trinajstić information content (AvgIpc) is 1.46. The zero-order valence-corrected chi connectivity index (χ0v) is 86.5. The number of sulfonamides is 4. The van der Waals surface area contributed by atoms with Crippen molar-refractivity contribution in [2.75, 3.05) is 198 Å². The zero-order chi connectivity index (χ0) is 101. The minimum absolute atomic E-state index is 0.0248. The summed E-state index contributed by atoms with van der Waals surface area (Å²) >= 11 is 31.9. The number of aromatic nitrogens is 16. The van der Waals surface area contributed by atoms with Crippen LogP contribution in [-0.4, -0.2) is 290 Å². The second-order valence-corrected chi connectivity index (χ2v) is 44.7. The Bertz CT molecular complexity index is 7710. The van der Waals surface area contributed by atoms with E-state index in [1.807, 2.05) is 40.3 Å². The quantitative estimate of drug-likeness (QED) is 0.0194. The molecule has 8 N–H and O–H groups in total. The van der Waals surface area contributed by atoms with Crippen LogP contribution in [0.1, 0.15) is 0 Å². The number of hydrogen-bond donors (Lipinski definition) is 8. The van der Waals surface area contributed by atoms with Gasteiger partial charge in [0.2, 0.25) is 23.8 Å². The fourth-order valence-corrected chi connectivity index (χ4v) is 24.6. The fourth-order valence-electron chi connectivity index (χ4n) is 15.9. The number of anilines is 8. The third-order valence-corrected chi connectivity index (χ3v) is 33.3. The number of nitrogens with one attached hydrogen (secondary N) is 8. The molecule has 0 unspecified atom stereocenters. The van der Waals surface area contributed by atoms with E-state index in [-0.39, 0.29) is 28.4 Å². The summed E-state index contributed by atoms with van der Waals surface area (Å²) in [6.07, 6.45) is 7.00. The van der Waals surface area contributed by atoms with E-state index in [2.05, 4.69) is 120 Å². The Kier molecular flexibility index (Phi) is 33.6. The molecule has 4 aliphatic heterocycles. The summed E-state index contributed by atoms with van der Waals surface area (Å²) in [6.45, 7) is 20.1. The first-order valence-corrected chi connectivity index (χ1v) is 54.7. The Balaban J connectivity index is 0.000000132. The molecule has 0 radical (unpaired) electrons. The van der Waals surface area contributed by atoms with E-state index >= 15 is 0 Å². The highest BCUT2D eigenvalue weighted by atomic mass is 35.5. The Morgan fingerprint density at radius 3 is 0.938 bits per heavy atom. The van der Waals surface area contributed by atoms with Crippen LogP contribution in [0.25, 0.3) is 89.2 Å². The molecular weight excluding hydrogens is 2080 g/mol. The number of nitrogens with zero attached hydrogens (tertiary/aromatic N) is 20. The van der Waals surface area contributed by atoms with E-state index < -0.39 is 50.8 Å². The summed E-state index contributed by atoms with van der Waals surface area (Å²) in [7, 11) is -8.22. The second kappa shape index (κ2) is 46.7. The topological polar surface area (TPSA) is 457 Å². The number of halogens is 6.